The second kappa shape index (κ2) is 5.49. The third-order valence-corrected chi connectivity index (χ3v) is 2.75. The van der Waals surface area contributed by atoms with Gasteiger partial charge in [0.2, 0.25) is 0 Å². The molecule has 98 valence electrons. The SMILES string of the molecule is COC(=O)c1c[nH]c(C(O)c2ccccc2)cc1=O. The summed E-state index contributed by atoms with van der Waals surface area (Å²) in [5, 5.41) is 10.1. The molecule has 1 aromatic carbocycles. The Hall–Kier alpha value is -2.40. The molecule has 0 aliphatic carbocycles. The summed E-state index contributed by atoms with van der Waals surface area (Å²) in [6.07, 6.45) is 0.302. The van der Waals surface area contributed by atoms with Crippen LogP contribution in [0.3, 0.4) is 0 Å². The van der Waals surface area contributed by atoms with E-state index in [4.69, 9.17) is 0 Å². The number of aromatic nitrogens is 1. The van der Waals surface area contributed by atoms with E-state index in [1.165, 1.54) is 19.4 Å². The van der Waals surface area contributed by atoms with Crippen LogP contribution in [0.15, 0.2) is 47.4 Å². The van der Waals surface area contributed by atoms with Gasteiger partial charge in [-0.2, -0.15) is 0 Å². The van der Waals surface area contributed by atoms with E-state index in [1.807, 2.05) is 6.07 Å². The van der Waals surface area contributed by atoms with Gasteiger partial charge in [0.15, 0.2) is 5.43 Å². The summed E-state index contributed by atoms with van der Waals surface area (Å²) in [6, 6.07) is 10.1. The summed E-state index contributed by atoms with van der Waals surface area (Å²) in [6.45, 7) is 0. The number of esters is 1. The standard InChI is InChI=1S/C14H13NO4/c1-19-14(18)10-8-15-11(7-12(10)16)13(17)9-5-3-2-4-6-9/h2-8,13,17H,1H3,(H,15,16). The maximum absolute atomic E-state index is 11.7. The number of rotatable bonds is 3. The van der Waals surface area contributed by atoms with E-state index < -0.39 is 17.5 Å². The third kappa shape index (κ3) is 2.71. The summed E-state index contributed by atoms with van der Waals surface area (Å²) in [5.74, 6) is -0.706. The van der Waals surface area contributed by atoms with Crippen LogP contribution >= 0.6 is 0 Å². The minimum atomic E-state index is -0.944. The zero-order valence-electron chi connectivity index (χ0n) is 10.3. The van der Waals surface area contributed by atoms with Gasteiger partial charge in [-0.15, -0.1) is 0 Å². The molecule has 0 bridgehead atoms. The fraction of sp³-hybridized carbons (Fsp3) is 0.143. The van der Waals surface area contributed by atoms with E-state index in [0.717, 1.165) is 0 Å². The number of benzene rings is 1. The fourth-order valence-corrected chi connectivity index (χ4v) is 1.73. The predicted molar refractivity (Wildman–Crippen MR) is 68.9 cm³/mol. The number of aliphatic hydroxyl groups is 1. The Bertz CT molecular complexity index is 633. The van der Waals surface area contributed by atoms with Crippen LogP contribution in [0.25, 0.3) is 0 Å². The molecular weight excluding hydrogens is 246 g/mol. The Morgan fingerprint density at radius 3 is 2.58 bits per heavy atom. The van der Waals surface area contributed by atoms with Gasteiger partial charge in [0, 0.05) is 12.3 Å². The van der Waals surface area contributed by atoms with E-state index in [2.05, 4.69) is 9.72 Å². The number of aromatic amines is 1. The monoisotopic (exact) mass is 259 g/mol. The predicted octanol–water partition coefficient (Wildman–Crippen LogP) is 1.24. The molecular formula is C14H13NO4. The van der Waals surface area contributed by atoms with Crippen molar-refractivity contribution in [1.29, 1.82) is 0 Å². The molecule has 0 amide bonds. The van der Waals surface area contributed by atoms with Gasteiger partial charge in [-0.25, -0.2) is 4.79 Å². The van der Waals surface area contributed by atoms with Crippen LogP contribution in [0.5, 0.6) is 0 Å². The molecule has 2 N–H and O–H groups in total. The molecule has 0 radical (unpaired) electrons. The van der Waals surface area contributed by atoms with Crippen LogP contribution in [0.2, 0.25) is 0 Å². The number of hydrogen-bond donors (Lipinski definition) is 2. The van der Waals surface area contributed by atoms with Gasteiger partial charge >= 0.3 is 5.97 Å². The van der Waals surface area contributed by atoms with Crippen molar-refractivity contribution in [3.05, 3.63) is 69.6 Å². The first-order valence-corrected chi connectivity index (χ1v) is 5.67. The van der Waals surface area contributed by atoms with Crippen molar-refractivity contribution >= 4 is 5.97 Å². The molecule has 1 atom stereocenters. The number of carbonyl (C=O) groups excluding carboxylic acids is 1. The Kier molecular flexibility index (Phi) is 3.77. The Morgan fingerprint density at radius 1 is 1.32 bits per heavy atom. The first-order valence-electron chi connectivity index (χ1n) is 5.67. The van der Waals surface area contributed by atoms with Crippen molar-refractivity contribution in [2.45, 2.75) is 6.10 Å². The topological polar surface area (TPSA) is 79.4 Å². The normalized spacial score (nSPS) is 11.9. The summed E-state index contributed by atoms with van der Waals surface area (Å²) in [5.41, 5.74) is 0.398. The summed E-state index contributed by atoms with van der Waals surface area (Å²) < 4.78 is 4.48. The summed E-state index contributed by atoms with van der Waals surface area (Å²) >= 11 is 0. The highest BCUT2D eigenvalue weighted by atomic mass is 16.5. The van der Waals surface area contributed by atoms with Crippen LogP contribution in [-0.2, 0) is 4.74 Å². The Balaban J connectivity index is 2.35. The Labute approximate surface area is 109 Å². The number of carbonyl (C=O) groups is 1. The van der Waals surface area contributed by atoms with E-state index in [1.54, 1.807) is 24.3 Å². The minimum absolute atomic E-state index is 0.0912. The second-order valence-electron chi connectivity index (χ2n) is 3.97. The minimum Gasteiger partial charge on any atom is -0.465 e. The van der Waals surface area contributed by atoms with Gasteiger partial charge < -0.3 is 14.8 Å². The van der Waals surface area contributed by atoms with Crippen LogP contribution in [0.1, 0.15) is 27.7 Å². The quantitative estimate of drug-likeness (QED) is 0.813. The maximum atomic E-state index is 11.7. The third-order valence-electron chi connectivity index (χ3n) is 2.75. The molecule has 0 spiro atoms. The molecule has 0 saturated carbocycles. The number of nitrogens with one attached hydrogen (secondary N) is 1. The van der Waals surface area contributed by atoms with Crippen LogP contribution in [0.4, 0.5) is 0 Å². The highest BCUT2D eigenvalue weighted by molar-refractivity contribution is 5.88. The maximum Gasteiger partial charge on any atom is 0.343 e. The van der Waals surface area contributed by atoms with Crippen LogP contribution in [-0.4, -0.2) is 23.2 Å². The van der Waals surface area contributed by atoms with E-state index >= 15 is 0 Å². The fourth-order valence-electron chi connectivity index (χ4n) is 1.73. The highest BCUT2D eigenvalue weighted by Crippen LogP contribution is 2.18. The average Bonchev–Trinajstić information content (AvgIpc) is 2.46. The number of pyridine rings is 1. The molecule has 5 nitrogen and oxygen atoms in total. The molecule has 19 heavy (non-hydrogen) atoms. The number of hydrogen-bond acceptors (Lipinski definition) is 4. The second-order valence-corrected chi connectivity index (χ2v) is 3.97. The first kappa shape index (κ1) is 13.0. The van der Waals surface area contributed by atoms with Gasteiger partial charge in [-0.3, -0.25) is 4.79 Å². The molecule has 5 heteroatoms. The lowest BCUT2D eigenvalue weighted by atomic mass is 10.1. The van der Waals surface area contributed by atoms with Gasteiger partial charge in [-0.05, 0) is 5.56 Å². The smallest absolute Gasteiger partial charge is 0.343 e. The van der Waals surface area contributed by atoms with Gasteiger partial charge in [-0.1, -0.05) is 30.3 Å². The van der Waals surface area contributed by atoms with Crippen molar-refractivity contribution in [3.63, 3.8) is 0 Å². The molecule has 1 aromatic heterocycles. The van der Waals surface area contributed by atoms with E-state index in [-0.39, 0.29) is 5.56 Å². The molecule has 0 aliphatic heterocycles. The van der Waals surface area contributed by atoms with Crippen molar-refractivity contribution in [2.75, 3.05) is 7.11 Å². The molecule has 1 unspecified atom stereocenters. The van der Waals surface area contributed by atoms with Crippen molar-refractivity contribution in [1.82, 2.24) is 4.98 Å². The lowest BCUT2D eigenvalue weighted by Gasteiger charge is -2.11. The average molecular weight is 259 g/mol. The molecule has 1 heterocycles. The molecule has 0 fully saturated rings. The molecule has 0 aliphatic rings. The summed E-state index contributed by atoms with van der Waals surface area (Å²) in [4.78, 5) is 25.8. The Morgan fingerprint density at radius 2 is 2.00 bits per heavy atom. The summed E-state index contributed by atoms with van der Waals surface area (Å²) in [7, 11) is 1.20. The van der Waals surface area contributed by atoms with Crippen molar-refractivity contribution in [3.8, 4) is 0 Å². The molecule has 0 saturated heterocycles. The highest BCUT2D eigenvalue weighted by Gasteiger charge is 2.15. The number of methoxy groups -OCH3 is 1. The molecule has 2 aromatic rings. The first-order chi connectivity index (χ1) is 9.13. The van der Waals surface area contributed by atoms with Gasteiger partial charge in [0.1, 0.15) is 11.7 Å². The van der Waals surface area contributed by atoms with Crippen LogP contribution in [0, 0.1) is 0 Å². The zero-order chi connectivity index (χ0) is 13.8. The lowest BCUT2D eigenvalue weighted by molar-refractivity contribution is 0.0598. The van der Waals surface area contributed by atoms with Crippen LogP contribution < -0.4 is 5.43 Å². The largest absolute Gasteiger partial charge is 0.465 e. The number of ether oxygens (including phenoxy) is 1. The van der Waals surface area contributed by atoms with E-state index in [0.29, 0.717) is 11.3 Å². The molecule has 2 rings (SSSR count). The lowest BCUT2D eigenvalue weighted by Crippen LogP contribution is -2.18. The van der Waals surface area contributed by atoms with E-state index in [9.17, 15) is 14.7 Å². The van der Waals surface area contributed by atoms with Crippen molar-refractivity contribution < 1.29 is 14.6 Å². The van der Waals surface area contributed by atoms with Crippen molar-refractivity contribution in [2.24, 2.45) is 0 Å². The number of H-pyrrole nitrogens is 1. The van der Waals surface area contributed by atoms with Gasteiger partial charge in [0.05, 0.1) is 12.8 Å². The number of aliphatic hydroxyl groups excluding tert-OH is 1. The van der Waals surface area contributed by atoms with Gasteiger partial charge in [0.25, 0.3) is 0 Å². The zero-order valence-corrected chi connectivity index (χ0v) is 10.3.